The van der Waals surface area contributed by atoms with Crippen molar-refractivity contribution in [2.75, 3.05) is 18.5 Å². The van der Waals surface area contributed by atoms with Crippen LogP contribution in [0.15, 0.2) is 10.7 Å². The number of hydrogen-bond donors (Lipinski definition) is 2. The molecule has 0 amide bonds. The highest BCUT2D eigenvalue weighted by Crippen LogP contribution is 2.22. The second kappa shape index (κ2) is 5.09. The number of nitrogens with zero attached hydrogens (tertiary/aromatic N) is 2. The molecule has 0 aromatic carbocycles. The molecule has 0 saturated heterocycles. The average Bonchev–Trinajstić information content (AvgIpc) is 2.20. The Labute approximate surface area is 102 Å². The second-order valence-electron chi connectivity index (χ2n) is 4.01. The van der Waals surface area contributed by atoms with E-state index in [1.807, 2.05) is 13.8 Å². The highest BCUT2D eigenvalue weighted by Gasteiger charge is 2.17. The van der Waals surface area contributed by atoms with Crippen molar-refractivity contribution in [2.45, 2.75) is 13.8 Å². The van der Waals surface area contributed by atoms with Crippen LogP contribution in [0.2, 0.25) is 5.28 Å². The standard InChI is InChI=1S/C9H13BrClN3O/c1-9(2,5-15)4-13-7-6(10)3-12-8(11)14-7/h3,15H,4-5H2,1-2H3,(H,12,13,14). The maximum atomic E-state index is 9.09. The molecule has 0 aliphatic carbocycles. The van der Waals surface area contributed by atoms with Gasteiger partial charge in [-0.1, -0.05) is 13.8 Å². The first-order valence-corrected chi connectivity index (χ1v) is 5.64. The molecule has 0 aliphatic rings. The van der Waals surface area contributed by atoms with Crippen LogP contribution in [0.25, 0.3) is 0 Å². The number of nitrogens with one attached hydrogen (secondary N) is 1. The fourth-order valence-electron chi connectivity index (χ4n) is 0.848. The van der Waals surface area contributed by atoms with Crippen LogP contribution in [0.1, 0.15) is 13.8 Å². The molecule has 1 heterocycles. The topological polar surface area (TPSA) is 58.0 Å². The molecule has 15 heavy (non-hydrogen) atoms. The number of hydrogen-bond acceptors (Lipinski definition) is 4. The second-order valence-corrected chi connectivity index (χ2v) is 5.20. The van der Waals surface area contributed by atoms with Crippen molar-refractivity contribution in [3.05, 3.63) is 16.0 Å². The third-order valence-electron chi connectivity index (χ3n) is 1.88. The molecule has 4 nitrogen and oxygen atoms in total. The van der Waals surface area contributed by atoms with Gasteiger partial charge in [-0.25, -0.2) is 4.98 Å². The van der Waals surface area contributed by atoms with E-state index < -0.39 is 0 Å². The molecular weight excluding hydrogens is 281 g/mol. The van der Waals surface area contributed by atoms with Gasteiger partial charge in [0.1, 0.15) is 5.82 Å². The lowest BCUT2D eigenvalue weighted by Gasteiger charge is -2.22. The number of aromatic nitrogens is 2. The van der Waals surface area contributed by atoms with Crippen molar-refractivity contribution in [1.82, 2.24) is 9.97 Å². The van der Waals surface area contributed by atoms with E-state index in [0.717, 1.165) is 4.47 Å². The van der Waals surface area contributed by atoms with Crippen molar-refractivity contribution < 1.29 is 5.11 Å². The molecule has 0 bridgehead atoms. The monoisotopic (exact) mass is 293 g/mol. The number of anilines is 1. The maximum absolute atomic E-state index is 9.09. The number of aliphatic hydroxyl groups is 1. The first-order valence-electron chi connectivity index (χ1n) is 4.47. The smallest absolute Gasteiger partial charge is 0.224 e. The summed E-state index contributed by atoms with van der Waals surface area (Å²) in [4.78, 5) is 7.85. The van der Waals surface area contributed by atoms with Gasteiger partial charge in [0, 0.05) is 24.8 Å². The number of rotatable bonds is 4. The predicted molar refractivity (Wildman–Crippen MR) is 64.1 cm³/mol. The summed E-state index contributed by atoms with van der Waals surface area (Å²) in [7, 11) is 0. The van der Waals surface area contributed by atoms with Crippen LogP contribution in [-0.4, -0.2) is 28.2 Å². The van der Waals surface area contributed by atoms with Crippen molar-refractivity contribution in [3.8, 4) is 0 Å². The van der Waals surface area contributed by atoms with Gasteiger partial charge in [-0.05, 0) is 27.5 Å². The Morgan fingerprint density at radius 2 is 2.27 bits per heavy atom. The van der Waals surface area contributed by atoms with E-state index in [2.05, 4.69) is 31.2 Å². The summed E-state index contributed by atoms with van der Waals surface area (Å²) in [5.74, 6) is 0.636. The molecule has 84 valence electrons. The third-order valence-corrected chi connectivity index (χ3v) is 2.64. The minimum atomic E-state index is -0.198. The van der Waals surface area contributed by atoms with Crippen molar-refractivity contribution in [1.29, 1.82) is 0 Å². The summed E-state index contributed by atoms with van der Waals surface area (Å²) in [5, 5.41) is 12.4. The summed E-state index contributed by atoms with van der Waals surface area (Å²) < 4.78 is 0.751. The fraction of sp³-hybridized carbons (Fsp3) is 0.556. The van der Waals surface area contributed by atoms with E-state index in [1.54, 1.807) is 6.20 Å². The molecule has 0 fully saturated rings. The Morgan fingerprint density at radius 3 is 2.87 bits per heavy atom. The SMILES string of the molecule is CC(C)(CO)CNc1nc(Cl)ncc1Br. The van der Waals surface area contributed by atoms with Gasteiger partial charge >= 0.3 is 0 Å². The lowest BCUT2D eigenvalue weighted by Crippen LogP contribution is -2.27. The van der Waals surface area contributed by atoms with Gasteiger partial charge in [0.2, 0.25) is 5.28 Å². The molecule has 0 radical (unpaired) electrons. The van der Waals surface area contributed by atoms with Gasteiger partial charge in [-0.15, -0.1) is 0 Å². The van der Waals surface area contributed by atoms with Crippen LogP contribution in [0.3, 0.4) is 0 Å². The number of halogens is 2. The van der Waals surface area contributed by atoms with E-state index >= 15 is 0 Å². The zero-order chi connectivity index (χ0) is 11.5. The van der Waals surface area contributed by atoms with E-state index in [-0.39, 0.29) is 17.3 Å². The van der Waals surface area contributed by atoms with Gasteiger partial charge in [-0.3, -0.25) is 0 Å². The fourth-order valence-corrected chi connectivity index (χ4v) is 1.31. The van der Waals surface area contributed by atoms with Gasteiger partial charge in [0.05, 0.1) is 4.47 Å². The lowest BCUT2D eigenvalue weighted by atomic mass is 9.95. The molecule has 0 unspecified atom stereocenters. The summed E-state index contributed by atoms with van der Waals surface area (Å²) in [6.07, 6.45) is 1.59. The molecule has 0 atom stereocenters. The molecule has 1 aromatic heterocycles. The van der Waals surface area contributed by atoms with Crippen LogP contribution < -0.4 is 5.32 Å². The zero-order valence-electron chi connectivity index (χ0n) is 8.59. The first kappa shape index (κ1) is 12.7. The lowest BCUT2D eigenvalue weighted by molar-refractivity contribution is 0.170. The molecule has 0 saturated carbocycles. The molecule has 2 N–H and O–H groups in total. The highest BCUT2D eigenvalue weighted by molar-refractivity contribution is 9.10. The quantitative estimate of drug-likeness (QED) is 0.837. The molecular formula is C9H13BrClN3O. The summed E-state index contributed by atoms with van der Waals surface area (Å²) in [6, 6.07) is 0. The molecule has 1 aromatic rings. The van der Waals surface area contributed by atoms with Gasteiger partial charge in [0.15, 0.2) is 0 Å². The van der Waals surface area contributed by atoms with Gasteiger partial charge in [-0.2, -0.15) is 4.98 Å². The summed E-state index contributed by atoms with van der Waals surface area (Å²) in [6.45, 7) is 4.62. The molecule has 0 aliphatic heterocycles. The Hall–Kier alpha value is -0.390. The maximum Gasteiger partial charge on any atom is 0.224 e. The summed E-state index contributed by atoms with van der Waals surface area (Å²) in [5.41, 5.74) is -0.198. The van der Waals surface area contributed by atoms with Crippen LogP contribution >= 0.6 is 27.5 Å². The first-order chi connectivity index (χ1) is 6.94. The number of aliphatic hydroxyl groups excluding tert-OH is 1. The van der Waals surface area contributed by atoms with Gasteiger partial charge < -0.3 is 10.4 Å². The Bertz CT molecular complexity index is 346. The normalized spacial score (nSPS) is 11.5. The van der Waals surface area contributed by atoms with Crippen LogP contribution in [0.5, 0.6) is 0 Å². The average molecular weight is 295 g/mol. The Balaban J connectivity index is 2.69. The van der Waals surface area contributed by atoms with Crippen LogP contribution in [-0.2, 0) is 0 Å². The van der Waals surface area contributed by atoms with E-state index in [9.17, 15) is 0 Å². The zero-order valence-corrected chi connectivity index (χ0v) is 10.9. The van der Waals surface area contributed by atoms with Crippen molar-refractivity contribution >= 4 is 33.3 Å². The predicted octanol–water partition coefficient (Wildman–Crippen LogP) is 2.32. The highest BCUT2D eigenvalue weighted by atomic mass is 79.9. The van der Waals surface area contributed by atoms with Crippen molar-refractivity contribution in [3.63, 3.8) is 0 Å². The third kappa shape index (κ3) is 3.93. The van der Waals surface area contributed by atoms with Crippen molar-refractivity contribution in [2.24, 2.45) is 5.41 Å². The molecule has 1 rings (SSSR count). The van der Waals surface area contributed by atoms with E-state index in [0.29, 0.717) is 12.4 Å². The Morgan fingerprint density at radius 1 is 1.60 bits per heavy atom. The largest absolute Gasteiger partial charge is 0.396 e. The van der Waals surface area contributed by atoms with Gasteiger partial charge in [0.25, 0.3) is 0 Å². The van der Waals surface area contributed by atoms with E-state index in [4.69, 9.17) is 16.7 Å². The summed E-state index contributed by atoms with van der Waals surface area (Å²) >= 11 is 8.98. The van der Waals surface area contributed by atoms with Crippen LogP contribution in [0, 0.1) is 5.41 Å². The van der Waals surface area contributed by atoms with E-state index in [1.165, 1.54) is 0 Å². The molecule has 6 heteroatoms. The minimum absolute atomic E-state index is 0.108. The van der Waals surface area contributed by atoms with Crippen LogP contribution in [0.4, 0.5) is 5.82 Å². The Kier molecular flexibility index (Phi) is 4.31. The molecule has 0 spiro atoms. The minimum Gasteiger partial charge on any atom is -0.396 e.